The first-order chi connectivity index (χ1) is 8.68. The molecule has 0 radical (unpaired) electrons. The van der Waals surface area contributed by atoms with E-state index in [1.807, 2.05) is 30.3 Å². The number of benzene rings is 2. The molecule has 4 heteroatoms. The minimum absolute atomic E-state index is 0.355. The van der Waals surface area contributed by atoms with E-state index in [1.54, 1.807) is 18.2 Å². The normalized spacial score (nSPS) is 12.2. The Morgan fingerprint density at radius 2 is 1.56 bits per heavy atom. The van der Waals surface area contributed by atoms with E-state index < -0.39 is 6.10 Å². The van der Waals surface area contributed by atoms with Crippen LogP contribution in [-0.4, -0.2) is 11.7 Å². The monoisotopic (exact) mass is 281 g/mol. The van der Waals surface area contributed by atoms with E-state index in [0.29, 0.717) is 22.2 Å². The molecule has 0 aliphatic carbocycles. The standard InChI is InChI=1S/C14H13Cl2NO/c15-11-6-2-1-5-10(11)14(18)9-17-13-8-4-3-7-12(13)16/h1-8,14,17-18H,9H2. The van der Waals surface area contributed by atoms with Gasteiger partial charge in [0.05, 0.1) is 16.8 Å². The van der Waals surface area contributed by atoms with Crippen LogP contribution in [0.1, 0.15) is 11.7 Å². The fraction of sp³-hybridized carbons (Fsp3) is 0.143. The van der Waals surface area contributed by atoms with E-state index in [2.05, 4.69) is 5.32 Å². The van der Waals surface area contributed by atoms with Crippen molar-refractivity contribution in [2.75, 3.05) is 11.9 Å². The minimum atomic E-state index is -0.671. The van der Waals surface area contributed by atoms with Gasteiger partial charge >= 0.3 is 0 Å². The lowest BCUT2D eigenvalue weighted by atomic mass is 10.1. The van der Waals surface area contributed by atoms with E-state index in [-0.39, 0.29) is 0 Å². The molecule has 2 rings (SSSR count). The number of hydrogen-bond acceptors (Lipinski definition) is 2. The van der Waals surface area contributed by atoms with Crippen LogP contribution in [0.3, 0.4) is 0 Å². The molecule has 0 aliphatic rings. The summed E-state index contributed by atoms with van der Waals surface area (Å²) in [5.41, 5.74) is 1.50. The molecular weight excluding hydrogens is 269 g/mol. The molecular formula is C14H13Cl2NO. The van der Waals surface area contributed by atoms with Crippen molar-refractivity contribution in [1.82, 2.24) is 0 Å². The molecule has 2 aromatic carbocycles. The quantitative estimate of drug-likeness (QED) is 0.883. The molecule has 0 heterocycles. The van der Waals surface area contributed by atoms with Crippen molar-refractivity contribution in [1.29, 1.82) is 0 Å². The van der Waals surface area contributed by atoms with Crippen molar-refractivity contribution >= 4 is 28.9 Å². The number of aliphatic hydroxyl groups excluding tert-OH is 1. The Morgan fingerprint density at radius 1 is 0.944 bits per heavy atom. The van der Waals surface area contributed by atoms with Crippen LogP contribution in [0.25, 0.3) is 0 Å². The van der Waals surface area contributed by atoms with Crippen LogP contribution in [-0.2, 0) is 0 Å². The molecule has 0 aromatic heterocycles. The summed E-state index contributed by atoms with van der Waals surface area (Å²) in [6.45, 7) is 0.355. The van der Waals surface area contributed by atoms with E-state index in [4.69, 9.17) is 23.2 Å². The number of anilines is 1. The number of rotatable bonds is 4. The Balaban J connectivity index is 2.03. The summed E-state index contributed by atoms with van der Waals surface area (Å²) in [6.07, 6.45) is -0.671. The van der Waals surface area contributed by atoms with Gasteiger partial charge in [-0.3, -0.25) is 0 Å². The zero-order valence-electron chi connectivity index (χ0n) is 9.61. The fourth-order valence-corrected chi connectivity index (χ4v) is 2.13. The van der Waals surface area contributed by atoms with Crippen LogP contribution < -0.4 is 5.32 Å². The second-order valence-electron chi connectivity index (χ2n) is 3.90. The highest BCUT2D eigenvalue weighted by Gasteiger charge is 2.11. The Hall–Kier alpha value is -1.22. The molecule has 1 unspecified atom stereocenters. The van der Waals surface area contributed by atoms with Crippen molar-refractivity contribution in [3.05, 3.63) is 64.1 Å². The van der Waals surface area contributed by atoms with E-state index in [1.165, 1.54) is 0 Å². The molecule has 94 valence electrons. The van der Waals surface area contributed by atoms with Gasteiger partial charge in [-0.25, -0.2) is 0 Å². The number of aliphatic hydroxyl groups is 1. The van der Waals surface area contributed by atoms with Gasteiger partial charge in [0.15, 0.2) is 0 Å². The summed E-state index contributed by atoms with van der Waals surface area (Å²) in [5, 5.41) is 14.4. The maximum Gasteiger partial charge on any atom is 0.0976 e. The molecule has 2 aromatic rings. The van der Waals surface area contributed by atoms with Gasteiger partial charge in [0, 0.05) is 17.1 Å². The second kappa shape index (κ2) is 6.10. The van der Waals surface area contributed by atoms with Gasteiger partial charge in [-0.1, -0.05) is 53.5 Å². The first kappa shape index (κ1) is 13.2. The molecule has 2 N–H and O–H groups in total. The van der Waals surface area contributed by atoms with Gasteiger partial charge in [0.1, 0.15) is 0 Å². The highest BCUT2D eigenvalue weighted by Crippen LogP contribution is 2.25. The van der Waals surface area contributed by atoms with E-state index >= 15 is 0 Å². The Kier molecular flexibility index (Phi) is 4.48. The van der Waals surface area contributed by atoms with Crippen LogP contribution in [0.2, 0.25) is 10.0 Å². The highest BCUT2D eigenvalue weighted by molar-refractivity contribution is 6.33. The van der Waals surface area contributed by atoms with E-state index in [9.17, 15) is 5.11 Å². The largest absolute Gasteiger partial charge is 0.387 e. The lowest BCUT2D eigenvalue weighted by Gasteiger charge is -2.15. The topological polar surface area (TPSA) is 32.3 Å². The molecule has 0 aliphatic heterocycles. The van der Waals surface area contributed by atoms with Crippen molar-refractivity contribution in [2.24, 2.45) is 0 Å². The van der Waals surface area contributed by atoms with Gasteiger partial charge in [-0.2, -0.15) is 0 Å². The zero-order chi connectivity index (χ0) is 13.0. The molecule has 2 nitrogen and oxygen atoms in total. The third-order valence-corrected chi connectivity index (χ3v) is 3.30. The first-order valence-electron chi connectivity index (χ1n) is 5.59. The third-order valence-electron chi connectivity index (χ3n) is 2.62. The average Bonchev–Trinajstić information content (AvgIpc) is 2.38. The van der Waals surface area contributed by atoms with Crippen LogP contribution in [0.15, 0.2) is 48.5 Å². The lowest BCUT2D eigenvalue weighted by molar-refractivity contribution is 0.192. The van der Waals surface area contributed by atoms with Gasteiger partial charge in [-0.15, -0.1) is 0 Å². The minimum Gasteiger partial charge on any atom is -0.387 e. The van der Waals surface area contributed by atoms with Crippen molar-refractivity contribution < 1.29 is 5.11 Å². The summed E-state index contributed by atoms with van der Waals surface area (Å²) in [6, 6.07) is 14.7. The summed E-state index contributed by atoms with van der Waals surface area (Å²) in [4.78, 5) is 0. The molecule has 0 saturated heterocycles. The van der Waals surface area contributed by atoms with Crippen molar-refractivity contribution in [3.63, 3.8) is 0 Å². The fourth-order valence-electron chi connectivity index (χ4n) is 1.67. The predicted molar refractivity (Wildman–Crippen MR) is 76.4 cm³/mol. The first-order valence-corrected chi connectivity index (χ1v) is 6.35. The third kappa shape index (κ3) is 3.16. The molecule has 0 saturated carbocycles. The SMILES string of the molecule is OC(CNc1ccccc1Cl)c1ccccc1Cl. The molecule has 0 bridgehead atoms. The predicted octanol–water partition coefficient (Wildman–Crippen LogP) is 4.14. The summed E-state index contributed by atoms with van der Waals surface area (Å²) in [5.74, 6) is 0. The maximum absolute atomic E-state index is 10.1. The zero-order valence-corrected chi connectivity index (χ0v) is 11.1. The van der Waals surface area contributed by atoms with Gasteiger partial charge < -0.3 is 10.4 Å². The van der Waals surface area contributed by atoms with Crippen molar-refractivity contribution in [2.45, 2.75) is 6.10 Å². The Bertz CT molecular complexity index is 531. The van der Waals surface area contributed by atoms with Crippen LogP contribution in [0, 0.1) is 0 Å². The summed E-state index contributed by atoms with van der Waals surface area (Å²) in [7, 11) is 0. The number of hydrogen-bond donors (Lipinski definition) is 2. The van der Waals surface area contributed by atoms with E-state index in [0.717, 1.165) is 5.69 Å². The molecule has 18 heavy (non-hydrogen) atoms. The van der Waals surface area contributed by atoms with Crippen LogP contribution in [0.5, 0.6) is 0 Å². The average molecular weight is 282 g/mol. The molecule has 0 fully saturated rings. The number of halogens is 2. The highest BCUT2D eigenvalue weighted by atomic mass is 35.5. The second-order valence-corrected chi connectivity index (χ2v) is 4.71. The molecule has 0 amide bonds. The molecule has 0 spiro atoms. The number of para-hydroxylation sites is 1. The van der Waals surface area contributed by atoms with Gasteiger partial charge in [0.2, 0.25) is 0 Å². The smallest absolute Gasteiger partial charge is 0.0976 e. The van der Waals surface area contributed by atoms with Crippen molar-refractivity contribution in [3.8, 4) is 0 Å². The maximum atomic E-state index is 10.1. The van der Waals surface area contributed by atoms with Gasteiger partial charge in [0.25, 0.3) is 0 Å². The molecule has 1 atom stereocenters. The lowest BCUT2D eigenvalue weighted by Crippen LogP contribution is -2.12. The van der Waals surface area contributed by atoms with Crippen LogP contribution >= 0.6 is 23.2 Å². The number of nitrogens with one attached hydrogen (secondary N) is 1. The van der Waals surface area contributed by atoms with Gasteiger partial charge in [-0.05, 0) is 18.2 Å². The Labute approximate surface area is 116 Å². The summed E-state index contributed by atoms with van der Waals surface area (Å²) >= 11 is 12.0. The van der Waals surface area contributed by atoms with Crippen LogP contribution in [0.4, 0.5) is 5.69 Å². The Morgan fingerprint density at radius 3 is 2.22 bits per heavy atom. The summed E-state index contributed by atoms with van der Waals surface area (Å²) < 4.78 is 0.